The van der Waals surface area contributed by atoms with E-state index in [2.05, 4.69) is 10.5 Å². The highest BCUT2D eigenvalue weighted by Gasteiger charge is 2.35. The van der Waals surface area contributed by atoms with Crippen LogP contribution in [0.5, 0.6) is 0 Å². The van der Waals surface area contributed by atoms with Crippen molar-refractivity contribution in [2.45, 2.75) is 26.4 Å². The minimum absolute atomic E-state index is 0.0779. The largest absolute Gasteiger partial charge is 0.416 e. The van der Waals surface area contributed by atoms with E-state index in [1.807, 2.05) is 32.0 Å². The Morgan fingerprint density at radius 2 is 1.83 bits per heavy atom. The number of halogens is 3. The molecule has 2 aromatic rings. The van der Waals surface area contributed by atoms with Crippen LogP contribution in [0.1, 0.15) is 28.7 Å². The predicted octanol–water partition coefficient (Wildman–Crippen LogP) is 3.83. The maximum absolute atomic E-state index is 12.6. The van der Waals surface area contributed by atoms with Crippen molar-refractivity contribution in [2.75, 3.05) is 11.4 Å². The summed E-state index contributed by atoms with van der Waals surface area (Å²) < 4.78 is 37.7. The second kappa shape index (κ2) is 8.06. The maximum atomic E-state index is 12.6. The van der Waals surface area contributed by atoms with Crippen LogP contribution in [0.4, 0.5) is 18.9 Å². The number of hydrogen-bond donors (Lipinski definition) is 1. The van der Waals surface area contributed by atoms with Crippen LogP contribution in [0, 0.1) is 19.8 Å². The summed E-state index contributed by atoms with van der Waals surface area (Å²) in [5, 5.41) is 3.79. The zero-order chi connectivity index (χ0) is 21.2. The number of carbonyl (C=O) groups is 2. The normalized spacial score (nSPS) is 17.2. The molecule has 8 heteroatoms. The first-order valence-electron chi connectivity index (χ1n) is 9.03. The highest BCUT2D eigenvalue weighted by Crippen LogP contribution is 2.29. The van der Waals surface area contributed by atoms with Crippen molar-refractivity contribution in [3.8, 4) is 0 Å². The van der Waals surface area contributed by atoms with Gasteiger partial charge in [0, 0.05) is 18.7 Å². The van der Waals surface area contributed by atoms with Crippen molar-refractivity contribution in [1.82, 2.24) is 5.43 Å². The van der Waals surface area contributed by atoms with Crippen molar-refractivity contribution < 1.29 is 22.8 Å². The Balaban J connectivity index is 1.59. The predicted molar refractivity (Wildman–Crippen MR) is 104 cm³/mol. The van der Waals surface area contributed by atoms with E-state index in [0.29, 0.717) is 5.56 Å². The number of benzene rings is 2. The van der Waals surface area contributed by atoms with Gasteiger partial charge in [0.05, 0.1) is 17.7 Å². The van der Waals surface area contributed by atoms with Gasteiger partial charge in [-0.05, 0) is 54.8 Å². The van der Waals surface area contributed by atoms with Crippen LogP contribution in [0.3, 0.4) is 0 Å². The van der Waals surface area contributed by atoms with Gasteiger partial charge < -0.3 is 4.90 Å². The quantitative estimate of drug-likeness (QED) is 0.623. The molecule has 1 aliphatic rings. The molecule has 0 unspecified atom stereocenters. The highest BCUT2D eigenvalue weighted by atomic mass is 19.4. The van der Waals surface area contributed by atoms with Gasteiger partial charge in [0.15, 0.2) is 0 Å². The third-order valence-electron chi connectivity index (χ3n) is 4.92. The lowest BCUT2D eigenvalue weighted by Gasteiger charge is -2.17. The van der Waals surface area contributed by atoms with Gasteiger partial charge in [-0.15, -0.1) is 0 Å². The lowest BCUT2D eigenvalue weighted by Crippen LogP contribution is -2.30. The Morgan fingerprint density at radius 1 is 1.14 bits per heavy atom. The van der Waals surface area contributed by atoms with E-state index in [-0.39, 0.29) is 18.9 Å². The van der Waals surface area contributed by atoms with Crippen LogP contribution in [0.2, 0.25) is 0 Å². The van der Waals surface area contributed by atoms with E-state index in [0.717, 1.165) is 28.9 Å². The Labute approximate surface area is 166 Å². The monoisotopic (exact) mass is 403 g/mol. The van der Waals surface area contributed by atoms with Gasteiger partial charge in [-0.1, -0.05) is 18.2 Å². The maximum Gasteiger partial charge on any atom is 0.416 e. The molecule has 0 aromatic heterocycles. The molecule has 5 nitrogen and oxygen atoms in total. The Morgan fingerprint density at radius 3 is 2.45 bits per heavy atom. The van der Waals surface area contributed by atoms with E-state index in [1.54, 1.807) is 4.90 Å². The van der Waals surface area contributed by atoms with Crippen molar-refractivity contribution in [2.24, 2.45) is 11.0 Å². The van der Waals surface area contributed by atoms with Gasteiger partial charge >= 0.3 is 6.18 Å². The number of nitrogens with one attached hydrogen (secondary N) is 1. The van der Waals surface area contributed by atoms with Crippen molar-refractivity contribution >= 4 is 23.7 Å². The molecular formula is C21H20F3N3O2. The molecule has 2 aromatic carbocycles. The first-order valence-corrected chi connectivity index (χ1v) is 9.03. The number of carbonyl (C=O) groups excluding carboxylic acids is 2. The van der Waals surface area contributed by atoms with Crippen LogP contribution in [-0.4, -0.2) is 24.6 Å². The number of hydrazone groups is 1. The molecule has 1 heterocycles. The standard InChI is InChI=1S/C21H20F3N3O2/c1-13-3-8-18(9-14(13)2)27-12-16(10-19(27)28)20(29)26-25-11-15-4-6-17(7-5-15)21(22,23)24/h3-9,11,16H,10,12H2,1-2H3,(H,26,29)/b25-11-/t16-/m1/s1. The number of rotatable bonds is 4. The van der Waals surface area contributed by atoms with E-state index in [1.165, 1.54) is 18.3 Å². The van der Waals surface area contributed by atoms with E-state index < -0.39 is 23.6 Å². The zero-order valence-corrected chi connectivity index (χ0v) is 16.0. The molecular weight excluding hydrogens is 383 g/mol. The molecule has 152 valence electrons. The SMILES string of the molecule is Cc1ccc(N2C[C@H](C(=O)N/N=C\c3ccc(C(F)(F)F)cc3)CC2=O)cc1C. The van der Waals surface area contributed by atoms with Crippen molar-refractivity contribution in [3.05, 3.63) is 64.7 Å². The molecule has 1 atom stereocenters. The number of nitrogens with zero attached hydrogens (tertiary/aromatic N) is 2. The number of anilines is 1. The topological polar surface area (TPSA) is 61.8 Å². The Hall–Kier alpha value is -3.16. The number of alkyl halides is 3. The average Bonchev–Trinajstić information content (AvgIpc) is 3.05. The molecule has 0 radical (unpaired) electrons. The molecule has 0 bridgehead atoms. The fraction of sp³-hybridized carbons (Fsp3) is 0.286. The molecule has 0 spiro atoms. The van der Waals surface area contributed by atoms with Gasteiger partial charge in [0.25, 0.3) is 0 Å². The van der Waals surface area contributed by atoms with Crippen LogP contribution < -0.4 is 10.3 Å². The molecule has 3 rings (SSSR count). The van der Waals surface area contributed by atoms with Gasteiger partial charge in [-0.2, -0.15) is 18.3 Å². The second-order valence-corrected chi connectivity index (χ2v) is 7.03. The number of hydrogen-bond acceptors (Lipinski definition) is 3. The Kier molecular flexibility index (Phi) is 5.72. The fourth-order valence-corrected chi connectivity index (χ4v) is 3.05. The van der Waals surface area contributed by atoms with Crippen LogP contribution in [-0.2, 0) is 15.8 Å². The number of amides is 2. The molecule has 2 amide bonds. The van der Waals surface area contributed by atoms with E-state index in [9.17, 15) is 22.8 Å². The fourth-order valence-electron chi connectivity index (χ4n) is 3.05. The lowest BCUT2D eigenvalue weighted by atomic mass is 10.1. The molecule has 1 fully saturated rings. The summed E-state index contributed by atoms with van der Waals surface area (Å²) in [6.07, 6.45) is -3.06. The summed E-state index contributed by atoms with van der Waals surface area (Å²) in [6.45, 7) is 4.19. The van der Waals surface area contributed by atoms with Crippen LogP contribution >= 0.6 is 0 Å². The van der Waals surface area contributed by atoms with E-state index >= 15 is 0 Å². The second-order valence-electron chi connectivity index (χ2n) is 7.03. The minimum atomic E-state index is -4.40. The zero-order valence-electron chi connectivity index (χ0n) is 16.0. The lowest BCUT2D eigenvalue weighted by molar-refractivity contribution is -0.137. The molecule has 1 aliphatic heterocycles. The molecule has 1 saturated heterocycles. The highest BCUT2D eigenvalue weighted by molar-refractivity contribution is 6.00. The summed E-state index contributed by atoms with van der Waals surface area (Å²) in [5.41, 5.74) is 4.95. The third kappa shape index (κ3) is 4.82. The van der Waals surface area contributed by atoms with Gasteiger partial charge in [-0.25, -0.2) is 5.43 Å². The van der Waals surface area contributed by atoms with Crippen LogP contribution in [0.15, 0.2) is 47.6 Å². The smallest absolute Gasteiger partial charge is 0.312 e. The van der Waals surface area contributed by atoms with Gasteiger partial charge in [0.2, 0.25) is 11.8 Å². The molecule has 1 N–H and O–H groups in total. The van der Waals surface area contributed by atoms with Crippen molar-refractivity contribution in [1.29, 1.82) is 0 Å². The first-order chi connectivity index (χ1) is 13.6. The minimum Gasteiger partial charge on any atom is -0.312 e. The first kappa shape index (κ1) is 20.6. The van der Waals surface area contributed by atoms with Gasteiger partial charge in [-0.3, -0.25) is 9.59 Å². The number of aryl methyl sites for hydroxylation is 2. The molecule has 0 aliphatic carbocycles. The average molecular weight is 403 g/mol. The molecule has 0 saturated carbocycles. The van der Waals surface area contributed by atoms with Crippen LogP contribution in [0.25, 0.3) is 0 Å². The van der Waals surface area contributed by atoms with E-state index in [4.69, 9.17) is 0 Å². The summed E-state index contributed by atoms with van der Waals surface area (Å²) in [5.74, 6) is -1.10. The summed E-state index contributed by atoms with van der Waals surface area (Å²) in [6, 6.07) is 10.1. The van der Waals surface area contributed by atoms with Gasteiger partial charge in [0.1, 0.15) is 0 Å². The summed E-state index contributed by atoms with van der Waals surface area (Å²) >= 11 is 0. The van der Waals surface area contributed by atoms with Crippen molar-refractivity contribution in [3.63, 3.8) is 0 Å². The Bertz CT molecular complexity index is 953. The molecule has 29 heavy (non-hydrogen) atoms. The summed E-state index contributed by atoms with van der Waals surface area (Å²) in [4.78, 5) is 26.2. The summed E-state index contributed by atoms with van der Waals surface area (Å²) in [7, 11) is 0. The third-order valence-corrected chi connectivity index (χ3v) is 4.92.